The first-order valence-electron chi connectivity index (χ1n) is 30.5. The Morgan fingerprint density at radius 2 is 0.315 bits per heavy atom. The minimum atomic E-state index is -0.605. The summed E-state index contributed by atoms with van der Waals surface area (Å²) >= 11 is 0. The molecule has 0 saturated carbocycles. The van der Waals surface area contributed by atoms with Gasteiger partial charge in [-0.1, -0.05) is 231 Å². The van der Waals surface area contributed by atoms with Crippen LogP contribution in [0.2, 0.25) is 0 Å². The number of rotatable bonds is 16. The Morgan fingerprint density at radius 3 is 0.528 bits per heavy atom. The average Bonchev–Trinajstić information content (AvgIpc) is 1.58. The summed E-state index contributed by atoms with van der Waals surface area (Å²) in [4.78, 5) is 9.32. The van der Waals surface area contributed by atoms with Crippen LogP contribution in [0.4, 0.5) is 68.2 Å². The van der Waals surface area contributed by atoms with E-state index in [0.717, 1.165) is 90.5 Å². The number of hydrogen-bond acceptors (Lipinski definition) is 4. The van der Waals surface area contributed by atoms with Gasteiger partial charge in [0.25, 0.3) is 0 Å². The van der Waals surface area contributed by atoms with E-state index in [9.17, 15) is 0 Å². The van der Waals surface area contributed by atoms with E-state index in [4.69, 9.17) is 0 Å². The quantitative estimate of drug-likeness (QED) is 0.0956. The van der Waals surface area contributed by atoms with E-state index < -0.39 is 5.41 Å². The molecule has 0 fully saturated rings. The Balaban J connectivity index is 0.753. The highest BCUT2D eigenvalue weighted by Gasteiger charge is 2.46. The standard InChI is InChI=1S/C85H62N4/c1-7-23-69(24-8-1)86(70-25-9-2-10-26-70)75-51-39-63(40-52-75)65-43-55-77(56-44-65)88(73-31-15-5-16-32-73)79-59-47-67(48-60-79)85(83-37-21-19-35-81(83)82-36-20-22-38-84(82)85)68-49-61-80(62-50-68)89(74-33-17-6-18-34-74)78-57-45-66(46-58-78)64-41-53-76(54-42-64)87(71-27-11-3-12-28-71)72-29-13-4-14-30-72/h1-62H. The summed E-state index contributed by atoms with van der Waals surface area (Å²) in [7, 11) is 0. The molecule has 0 atom stereocenters. The van der Waals surface area contributed by atoms with Crippen LogP contribution in [0.1, 0.15) is 22.3 Å². The van der Waals surface area contributed by atoms with E-state index in [2.05, 4.69) is 396 Å². The van der Waals surface area contributed by atoms with Crippen molar-refractivity contribution in [1.29, 1.82) is 0 Å². The van der Waals surface area contributed by atoms with Crippen molar-refractivity contribution in [3.8, 4) is 33.4 Å². The van der Waals surface area contributed by atoms with Gasteiger partial charge in [-0.05, 0) is 201 Å². The van der Waals surface area contributed by atoms with Crippen molar-refractivity contribution in [3.05, 3.63) is 398 Å². The number of benzene rings is 14. The van der Waals surface area contributed by atoms with Crippen LogP contribution in [0.5, 0.6) is 0 Å². The van der Waals surface area contributed by atoms with Crippen molar-refractivity contribution in [3.63, 3.8) is 0 Å². The molecule has 1 aliphatic rings. The molecule has 15 rings (SSSR count). The molecule has 14 aromatic rings. The number of para-hydroxylation sites is 6. The molecule has 0 bridgehead atoms. The van der Waals surface area contributed by atoms with Crippen LogP contribution in [0.3, 0.4) is 0 Å². The van der Waals surface area contributed by atoms with Gasteiger partial charge in [-0.25, -0.2) is 0 Å². The highest BCUT2D eigenvalue weighted by atomic mass is 15.2. The van der Waals surface area contributed by atoms with Gasteiger partial charge in [-0.15, -0.1) is 0 Å². The maximum atomic E-state index is 2.36. The lowest BCUT2D eigenvalue weighted by molar-refractivity contribution is 0.768. The van der Waals surface area contributed by atoms with Crippen LogP contribution in [0.15, 0.2) is 376 Å². The fraction of sp³-hybridized carbons (Fsp3) is 0.0118. The van der Waals surface area contributed by atoms with Crippen molar-refractivity contribution in [2.45, 2.75) is 5.41 Å². The maximum absolute atomic E-state index is 2.36. The molecule has 4 nitrogen and oxygen atoms in total. The predicted octanol–water partition coefficient (Wildman–Crippen LogP) is 23.3. The summed E-state index contributed by atoms with van der Waals surface area (Å²) in [6.07, 6.45) is 0. The number of fused-ring (bicyclic) bond motifs is 3. The molecule has 0 unspecified atom stereocenters. The van der Waals surface area contributed by atoms with Crippen LogP contribution < -0.4 is 19.6 Å². The summed E-state index contributed by atoms with van der Waals surface area (Å²) in [6.45, 7) is 0. The molecular formula is C85H62N4. The summed E-state index contributed by atoms with van der Waals surface area (Å²) in [5, 5.41) is 0. The summed E-state index contributed by atoms with van der Waals surface area (Å²) in [5.41, 5.74) is 24.6. The zero-order valence-corrected chi connectivity index (χ0v) is 49.1. The van der Waals surface area contributed by atoms with Gasteiger partial charge in [0.2, 0.25) is 0 Å². The van der Waals surface area contributed by atoms with Crippen LogP contribution >= 0.6 is 0 Å². The smallest absolute Gasteiger partial charge is 0.0713 e. The summed E-state index contributed by atoms with van der Waals surface area (Å²) in [6, 6.07) is 136. The van der Waals surface area contributed by atoms with Crippen LogP contribution in [0, 0.1) is 0 Å². The Kier molecular flexibility index (Phi) is 14.5. The SMILES string of the molecule is c1ccc(N(c2ccccc2)c2ccc(-c3ccc(N(c4ccccc4)c4ccc(C5(c6ccc(N(c7ccccc7)c7ccc(-c8ccc(N(c9ccccc9)c9ccccc9)cc8)cc7)cc6)c6ccccc6-c6ccccc65)cc4)cc3)cc2)cc1. The first-order chi connectivity index (χ1) is 44.2. The zero-order chi connectivity index (χ0) is 59.4. The molecule has 0 amide bonds. The molecular weight excluding hydrogens is 1080 g/mol. The third-order valence-corrected chi connectivity index (χ3v) is 17.3. The molecule has 1 aliphatic carbocycles. The maximum Gasteiger partial charge on any atom is 0.0713 e. The van der Waals surface area contributed by atoms with Crippen LogP contribution in [-0.2, 0) is 5.41 Å². The van der Waals surface area contributed by atoms with Crippen molar-refractivity contribution < 1.29 is 0 Å². The Bertz CT molecular complexity index is 4260. The predicted molar refractivity (Wildman–Crippen MR) is 373 cm³/mol. The van der Waals surface area contributed by atoms with Crippen molar-refractivity contribution >= 4 is 68.2 Å². The first-order valence-corrected chi connectivity index (χ1v) is 30.5. The van der Waals surface area contributed by atoms with E-state index >= 15 is 0 Å². The summed E-state index contributed by atoms with van der Waals surface area (Å²) < 4.78 is 0. The number of anilines is 12. The second-order valence-electron chi connectivity index (χ2n) is 22.5. The number of nitrogens with zero attached hydrogens (tertiary/aromatic N) is 4. The molecule has 0 saturated heterocycles. The molecule has 89 heavy (non-hydrogen) atoms. The van der Waals surface area contributed by atoms with E-state index in [1.54, 1.807) is 0 Å². The van der Waals surface area contributed by atoms with E-state index in [1.165, 1.54) is 33.4 Å². The van der Waals surface area contributed by atoms with Crippen LogP contribution in [0.25, 0.3) is 33.4 Å². The lowest BCUT2D eigenvalue weighted by atomic mass is 9.67. The van der Waals surface area contributed by atoms with Gasteiger partial charge in [-0.2, -0.15) is 0 Å². The topological polar surface area (TPSA) is 13.0 Å². The van der Waals surface area contributed by atoms with E-state index in [-0.39, 0.29) is 0 Å². The molecule has 422 valence electrons. The highest BCUT2D eigenvalue weighted by Crippen LogP contribution is 2.57. The normalized spacial score (nSPS) is 11.9. The minimum Gasteiger partial charge on any atom is -0.311 e. The fourth-order valence-electron chi connectivity index (χ4n) is 13.2. The van der Waals surface area contributed by atoms with Crippen molar-refractivity contribution in [2.24, 2.45) is 0 Å². The fourth-order valence-corrected chi connectivity index (χ4v) is 13.2. The molecule has 0 N–H and O–H groups in total. The van der Waals surface area contributed by atoms with E-state index in [1.807, 2.05) is 0 Å². The molecule has 0 radical (unpaired) electrons. The van der Waals surface area contributed by atoms with E-state index in [0.29, 0.717) is 0 Å². The second-order valence-corrected chi connectivity index (χ2v) is 22.5. The Morgan fingerprint density at radius 1 is 0.146 bits per heavy atom. The molecule has 0 aromatic heterocycles. The largest absolute Gasteiger partial charge is 0.311 e. The molecule has 14 aromatic carbocycles. The van der Waals surface area contributed by atoms with Gasteiger partial charge in [-0.3, -0.25) is 0 Å². The molecule has 0 aliphatic heterocycles. The molecule has 0 spiro atoms. The van der Waals surface area contributed by atoms with Crippen molar-refractivity contribution in [2.75, 3.05) is 19.6 Å². The monoisotopic (exact) mass is 1140 g/mol. The van der Waals surface area contributed by atoms with Crippen LogP contribution in [-0.4, -0.2) is 0 Å². The molecule has 0 heterocycles. The average molecular weight is 1140 g/mol. The number of hydrogen-bond donors (Lipinski definition) is 0. The second kappa shape index (κ2) is 24.0. The Hall–Kier alpha value is -11.7. The van der Waals surface area contributed by atoms with Gasteiger partial charge >= 0.3 is 0 Å². The van der Waals surface area contributed by atoms with Gasteiger partial charge in [0, 0.05) is 68.2 Å². The third-order valence-electron chi connectivity index (χ3n) is 17.3. The lowest BCUT2D eigenvalue weighted by Gasteiger charge is -2.35. The van der Waals surface area contributed by atoms with Crippen molar-refractivity contribution in [1.82, 2.24) is 0 Å². The lowest BCUT2D eigenvalue weighted by Crippen LogP contribution is -2.28. The van der Waals surface area contributed by atoms with Gasteiger partial charge in [0.1, 0.15) is 0 Å². The first kappa shape index (κ1) is 54.0. The van der Waals surface area contributed by atoms with Gasteiger partial charge in [0.15, 0.2) is 0 Å². The zero-order valence-electron chi connectivity index (χ0n) is 49.1. The van der Waals surface area contributed by atoms with Gasteiger partial charge < -0.3 is 19.6 Å². The van der Waals surface area contributed by atoms with Gasteiger partial charge in [0.05, 0.1) is 5.41 Å². The third kappa shape index (κ3) is 10.3. The summed E-state index contributed by atoms with van der Waals surface area (Å²) in [5.74, 6) is 0. The minimum absolute atomic E-state index is 0.605. The molecule has 4 heteroatoms. The Labute approximate surface area is 522 Å². The highest BCUT2D eigenvalue weighted by molar-refractivity contribution is 5.89.